The quantitative estimate of drug-likeness (QED) is 0.639. The summed E-state index contributed by atoms with van der Waals surface area (Å²) in [5, 5.41) is 5.11. The Morgan fingerprint density at radius 2 is 1.77 bits per heavy atom. The molecule has 3 rings (SSSR count). The molecule has 0 bridgehead atoms. The van der Waals surface area contributed by atoms with Crippen LogP contribution in [-0.2, 0) is 6.18 Å². The Hall–Kier alpha value is -2.30. The van der Waals surface area contributed by atoms with Gasteiger partial charge < -0.3 is 0 Å². The molecule has 1 aromatic heterocycles. The smallest absolute Gasteiger partial charge is 0.233 e. The first-order chi connectivity index (χ1) is 10.4. The Balaban J connectivity index is 2.20. The van der Waals surface area contributed by atoms with E-state index < -0.39 is 11.7 Å². The molecule has 0 spiro atoms. The van der Waals surface area contributed by atoms with E-state index in [0.29, 0.717) is 11.3 Å². The fourth-order valence-corrected chi connectivity index (χ4v) is 2.60. The Kier molecular flexibility index (Phi) is 3.43. The van der Waals surface area contributed by atoms with Crippen molar-refractivity contribution in [2.24, 2.45) is 0 Å². The van der Waals surface area contributed by atoms with Gasteiger partial charge in [-0.05, 0) is 29.7 Å². The first-order valence-corrected chi connectivity index (χ1v) is 7.02. The molecule has 0 saturated heterocycles. The Bertz CT molecular complexity index is 816. The lowest BCUT2D eigenvalue weighted by atomic mass is 9.96. The topological polar surface area (TPSA) is 17.8 Å². The van der Waals surface area contributed by atoms with Crippen molar-refractivity contribution < 1.29 is 13.2 Å². The Morgan fingerprint density at radius 3 is 2.45 bits per heavy atom. The van der Waals surface area contributed by atoms with Gasteiger partial charge in [-0.15, -0.1) is 0 Å². The first-order valence-electron chi connectivity index (χ1n) is 7.02. The number of nitrogens with zero attached hydrogens (tertiary/aromatic N) is 2. The number of benzene rings is 2. The van der Waals surface area contributed by atoms with Crippen molar-refractivity contribution in [2.45, 2.75) is 25.9 Å². The number of rotatable bonds is 2. The van der Waals surface area contributed by atoms with Crippen LogP contribution < -0.4 is 0 Å². The van der Waals surface area contributed by atoms with Crippen LogP contribution in [0.25, 0.3) is 16.6 Å². The molecule has 0 aliphatic heterocycles. The lowest BCUT2D eigenvalue weighted by molar-refractivity contribution is -0.138. The Labute approximate surface area is 126 Å². The SMILES string of the molecule is CC(C)c1ccc(-n2ncc3ccccc32)cc1C(F)(F)F. The van der Waals surface area contributed by atoms with Crippen LogP contribution in [0.3, 0.4) is 0 Å². The van der Waals surface area contributed by atoms with Crippen molar-refractivity contribution in [1.29, 1.82) is 0 Å². The lowest BCUT2D eigenvalue weighted by Crippen LogP contribution is -2.11. The molecular formula is C17H15F3N2. The van der Waals surface area contributed by atoms with Gasteiger partial charge in [0.1, 0.15) is 0 Å². The van der Waals surface area contributed by atoms with Crippen LogP contribution in [0.2, 0.25) is 0 Å². The molecule has 0 aliphatic rings. The normalized spacial score (nSPS) is 12.3. The number of fused-ring (bicyclic) bond motifs is 1. The van der Waals surface area contributed by atoms with E-state index in [9.17, 15) is 13.2 Å². The second-order valence-corrected chi connectivity index (χ2v) is 5.54. The van der Waals surface area contributed by atoms with Crippen LogP contribution in [0, 0.1) is 0 Å². The molecule has 1 heterocycles. The van der Waals surface area contributed by atoms with E-state index in [0.717, 1.165) is 10.9 Å². The van der Waals surface area contributed by atoms with Crippen LogP contribution in [0.4, 0.5) is 13.2 Å². The van der Waals surface area contributed by atoms with Gasteiger partial charge in [0, 0.05) is 5.39 Å². The molecule has 0 amide bonds. The molecule has 0 N–H and O–H groups in total. The number of halogens is 3. The van der Waals surface area contributed by atoms with Gasteiger partial charge in [-0.3, -0.25) is 0 Å². The molecule has 5 heteroatoms. The van der Waals surface area contributed by atoms with E-state index in [2.05, 4.69) is 5.10 Å². The van der Waals surface area contributed by atoms with Crippen LogP contribution in [0.5, 0.6) is 0 Å². The molecule has 22 heavy (non-hydrogen) atoms. The number of aromatic nitrogens is 2. The minimum absolute atomic E-state index is 0.194. The summed E-state index contributed by atoms with van der Waals surface area (Å²) in [7, 11) is 0. The maximum atomic E-state index is 13.3. The number of hydrogen-bond donors (Lipinski definition) is 0. The number of hydrogen-bond acceptors (Lipinski definition) is 1. The summed E-state index contributed by atoms with van der Waals surface area (Å²) in [4.78, 5) is 0. The van der Waals surface area contributed by atoms with Crippen LogP contribution in [0.1, 0.15) is 30.9 Å². The number of para-hydroxylation sites is 1. The lowest BCUT2D eigenvalue weighted by Gasteiger charge is -2.17. The summed E-state index contributed by atoms with van der Waals surface area (Å²) in [5.74, 6) is -0.194. The van der Waals surface area contributed by atoms with Crippen molar-refractivity contribution in [1.82, 2.24) is 9.78 Å². The Morgan fingerprint density at radius 1 is 1.05 bits per heavy atom. The largest absolute Gasteiger partial charge is 0.416 e. The summed E-state index contributed by atoms with van der Waals surface area (Å²) in [5.41, 5.74) is 0.901. The highest BCUT2D eigenvalue weighted by Crippen LogP contribution is 2.36. The molecule has 114 valence electrons. The van der Waals surface area contributed by atoms with Crippen molar-refractivity contribution in [3.63, 3.8) is 0 Å². The van der Waals surface area contributed by atoms with Crippen molar-refractivity contribution in [2.75, 3.05) is 0 Å². The summed E-state index contributed by atoms with van der Waals surface area (Å²) in [6, 6.07) is 11.8. The fraction of sp³-hybridized carbons (Fsp3) is 0.235. The van der Waals surface area contributed by atoms with Crippen LogP contribution >= 0.6 is 0 Å². The van der Waals surface area contributed by atoms with Crippen LogP contribution in [0.15, 0.2) is 48.7 Å². The molecule has 0 saturated carbocycles. The average molecular weight is 304 g/mol. The zero-order chi connectivity index (χ0) is 15.9. The van der Waals surface area contributed by atoms with Gasteiger partial charge in [0.15, 0.2) is 0 Å². The minimum Gasteiger partial charge on any atom is -0.233 e. The second kappa shape index (κ2) is 5.16. The second-order valence-electron chi connectivity index (χ2n) is 5.54. The molecule has 3 aromatic rings. The summed E-state index contributed by atoms with van der Waals surface area (Å²) >= 11 is 0. The zero-order valence-electron chi connectivity index (χ0n) is 12.2. The van der Waals surface area contributed by atoms with Gasteiger partial charge >= 0.3 is 6.18 Å². The molecule has 2 nitrogen and oxygen atoms in total. The molecule has 0 aliphatic carbocycles. The molecule has 0 unspecified atom stereocenters. The van der Waals surface area contributed by atoms with E-state index in [1.807, 2.05) is 24.3 Å². The van der Waals surface area contributed by atoms with Gasteiger partial charge in [0.05, 0.1) is 23.0 Å². The van der Waals surface area contributed by atoms with Gasteiger partial charge in [0.25, 0.3) is 0 Å². The van der Waals surface area contributed by atoms with Crippen molar-refractivity contribution >= 4 is 10.9 Å². The third-order valence-electron chi connectivity index (χ3n) is 3.69. The van der Waals surface area contributed by atoms with Crippen LogP contribution in [-0.4, -0.2) is 9.78 Å². The highest BCUT2D eigenvalue weighted by Gasteiger charge is 2.34. The fourth-order valence-electron chi connectivity index (χ4n) is 2.60. The highest BCUT2D eigenvalue weighted by molar-refractivity contribution is 5.80. The molecule has 0 fully saturated rings. The summed E-state index contributed by atoms with van der Waals surface area (Å²) in [6.45, 7) is 3.51. The molecule has 0 atom stereocenters. The van der Waals surface area contributed by atoms with Crippen molar-refractivity contribution in [3.8, 4) is 5.69 Å². The van der Waals surface area contributed by atoms with Crippen molar-refractivity contribution in [3.05, 3.63) is 59.8 Å². The summed E-state index contributed by atoms with van der Waals surface area (Å²) in [6.07, 6.45) is -2.72. The van der Waals surface area contributed by atoms with Gasteiger partial charge in [-0.2, -0.15) is 18.3 Å². The molecule has 2 aromatic carbocycles. The predicted molar refractivity (Wildman–Crippen MR) is 80.2 cm³/mol. The van der Waals surface area contributed by atoms with E-state index in [-0.39, 0.29) is 5.92 Å². The van der Waals surface area contributed by atoms with E-state index >= 15 is 0 Å². The standard InChI is InChI=1S/C17H15F3N2/c1-11(2)14-8-7-13(9-15(14)17(18,19)20)22-16-6-4-3-5-12(16)10-21-22/h3-11H,1-2H3. The van der Waals surface area contributed by atoms with Gasteiger partial charge in [0.2, 0.25) is 0 Å². The maximum Gasteiger partial charge on any atom is 0.416 e. The third kappa shape index (κ3) is 2.47. The maximum absolute atomic E-state index is 13.3. The number of alkyl halides is 3. The average Bonchev–Trinajstić information content (AvgIpc) is 2.89. The van der Waals surface area contributed by atoms with E-state index in [4.69, 9.17) is 0 Å². The molecule has 0 radical (unpaired) electrons. The third-order valence-corrected chi connectivity index (χ3v) is 3.69. The van der Waals surface area contributed by atoms with Gasteiger partial charge in [-0.25, -0.2) is 4.68 Å². The first kappa shape index (κ1) is 14.6. The van der Waals surface area contributed by atoms with E-state index in [1.54, 1.807) is 32.2 Å². The summed E-state index contributed by atoms with van der Waals surface area (Å²) < 4.78 is 41.5. The van der Waals surface area contributed by atoms with E-state index in [1.165, 1.54) is 10.7 Å². The van der Waals surface area contributed by atoms with Gasteiger partial charge in [-0.1, -0.05) is 38.1 Å². The minimum atomic E-state index is -4.38. The molecular weight excluding hydrogens is 289 g/mol. The zero-order valence-corrected chi connectivity index (χ0v) is 12.2. The highest BCUT2D eigenvalue weighted by atomic mass is 19.4. The predicted octanol–water partition coefficient (Wildman–Crippen LogP) is 5.17. The monoisotopic (exact) mass is 304 g/mol.